The van der Waals surface area contributed by atoms with Gasteiger partial charge in [0, 0.05) is 6.54 Å². The lowest BCUT2D eigenvalue weighted by molar-refractivity contribution is 1.09. The predicted molar refractivity (Wildman–Crippen MR) is 52.5 cm³/mol. The molecule has 0 fully saturated rings. The highest BCUT2D eigenvalue weighted by Crippen LogP contribution is 2.28. The average molecular weight is 199 g/mol. The van der Waals surface area contributed by atoms with Crippen molar-refractivity contribution in [2.75, 3.05) is 0 Å². The molecule has 0 saturated carbocycles. The molecule has 1 heterocycles. The van der Waals surface area contributed by atoms with Crippen molar-refractivity contribution >= 4 is 33.2 Å². The van der Waals surface area contributed by atoms with Crippen LogP contribution in [0.3, 0.4) is 0 Å². The molecule has 12 heavy (non-hydrogen) atoms. The summed E-state index contributed by atoms with van der Waals surface area (Å²) in [6, 6.07) is 3.79. The van der Waals surface area contributed by atoms with Crippen molar-refractivity contribution in [1.29, 1.82) is 0 Å². The van der Waals surface area contributed by atoms with Gasteiger partial charge in [-0.2, -0.15) is 0 Å². The first-order valence-corrected chi connectivity index (χ1v) is 4.79. The second-order valence-corrected chi connectivity index (χ2v) is 3.70. The number of nitrogens with zero attached hydrogens (tertiary/aromatic N) is 1. The summed E-state index contributed by atoms with van der Waals surface area (Å²) in [6.07, 6.45) is 0. The molecule has 1 aromatic heterocycles. The summed E-state index contributed by atoms with van der Waals surface area (Å²) in [5.41, 5.74) is 9.32. The maximum absolute atomic E-state index is 5.93. The minimum absolute atomic E-state index is 0.538. The lowest BCUT2D eigenvalue weighted by Gasteiger charge is -1.98. The number of hydrogen-bond donors (Lipinski definition) is 1. The molecule has 2 aromatic rings. The van der Waals surface area contributed by atoms with Crippen molar-refractivity contribution in [3.05, 3.63) is 28.2 Å². The molecular formula is C8H7ClN2S. The Labute approximate surface area is 79.0 Å². The number of thiazole rings is 1. The molecule has 2 N–H and O–H groups in total. The molecule has 2 rings (SSSR count). The average Bonchev–Trinajstić information content (AvgIpc) is 2.54. The number of benzene rings is 1. The van der Waals surface area contributed by atoms with E-state index in [1.54, 1.807) is 16.8 Å². The molecule has 0 aliphatic carbocycles. The fourth-order valence-electron chi connectivity index (χ4n) is 1.13. The van der Waals surface area contributed by atoms with Crippen molar-refractivity contribution < 1.29 is 0 Å². The summed E-state index contributed by atoms with van der Waals surface area (Å²) in [5, 5.41) is 0.698. The molecular weight excluding hydrogens is 192 g/mol. The van der Waals surface area contributed by atoms with Crippen LogP contribution in [0.2, 0.25) is 5.02 Å². The van der Waals surface area contributed by atoms with Crippen LogP contribution in [0.25, 0.3) is 10.2 Å². The number of nitrogens with two attached hydrogens (primary N) is 1. The Balaban J connectivity index is 2.82. The van der Waals surface area contributed by atoms with Gasteiger partial charge in [-0.05, 0) is 11.6 Å². The van der Waals surface area contributed by atoms with E-state index in [1.165, 1.54) is 0 Å². The first-order valence-electron chi connectivity index (χ1n) is 3.53. The van der Waals surface area contributed by atoms with E-state index in [2.05, 4.69) is 4.98 Å². The van der Waals surface area contributed by atoms with Crippen LogP contribution in [0.1, 0.15) is 5.56 Å². The van der Waals surface area contributed by atoms with Gasteiger partial charge in [0.25, 0.3) is 0 Å². The van der Waals surface area contributed by atoms with Gasteiger partial charge in [-0.3, -0.25) is 0 Å². The molecule has 0 spiro atoms. The summed E-state index contributed by atoms with van der Waals surface area (Å²) in [6.45, 7) is 0.538. The summed E-state index contributed by atoms with van der Waals surface area (Å²) >= 11 is 7.51. The van der Waals surface area contributed by atoms with Crippen molar-refractivity contribution in [2.24, 2.45) is 5.73 Å². The summed E-state index contributed by atoms with van der Waals surface area (Å²) in [7, 11) is 0. The molecule has 0 aliphatic rings. The van der Waals surface area contributed by atoms with E-state index >= 15 is 0 Å². The van der Waals surface area contributed by atoms with Crippen LogP contribution in [-0.2, 0) is 6.54 Å². The normalized spacial score (nSPS) is 10.8. The smallest absolute Gasteiger partial charge is 0.100 e. The number of rotatable bonds is 1. The quantitative estimate of drug-likeness (QED) is 0.765. The van der Waals surface area contributed by atoms with Gasteiger partial charge in [0.05, 0.1) is 15.2 Å². The van der Waals surface area contributed by atoms with Gasteiger partial charge in [-0.25, -0.2) is 4.98 Å². The summed E-state index contributed by atoms with van der Waals surface area (Å²) < 4.78 is 1.10. The van der Waals surface area contributed by atoms with E-state index in [1.807, 2.05) is 12.1 Å². The Morgan fingerprint density at radius 2 is 2.33 bits per heavy atom. The molecule has 1 aromatic carbocycles. The Kier molecular flexibility index (Phi) is 2.00. The van der Waals surface area contributed by atoms with E-state index in [0.717, 1.165) is 15.8 Å². The fraction of sp³-hybridized carbons (Fsp3) is 0.125. The third kappa shape index (κ3) is 1.10. The molecule has 0 aliphatic heterocycles. The lowest BCUT2D eigenvalue weighted by atomic mass is 10.2. The third-order valence-corrected chi connectivity index (χ3v) is 2.94. The zero-order valence-corrected chi connectivity index (χ0v) is 7.82. The van der Waals surface area contributed by atoms with E-state index in [0.29, 0.717) is 11.6 Å². The monoisotopic (exact) mass is 198 g/mol. The van der Waals surface area contributed by atoms with E-state index in [9.17, 15) is 0 Å². The second kappa shape index (κ2) is 3.01. The third-order valence-electron chi connectivity index (χ3n) is 1.74. The van der Waals surface area contributed by atoms with Crippen LogP contribution < -0.4 is 5.73 Å². The fourth-order valence-corrected chi connectivity index (χ4v) is 2.24. The van der Waals surface area contributed by atoms with Gasteiger partial charge in [0.2, 0.25) is 0 Å². The molecule has 0 unspecified atom stereocenters. The van der Waals surface area contributed by atoms with E-state index in [-0.39, 0.29) is 0 Å². The zero-order valence-electron chi connectivity index (χ0n) is 6.25. The van der Waals surface area contributed by atoms with Crippen LogP contribution in [0.4, 0.5) is 0 Å². The number of fused-ring (bicyclic) bond motifs is 1. The van der Waals surface area contributed by atoms with Gasteiger partial charge < -0.3 is 5.73 Å². The molecule has 2 nitrogen and oxygen atoms in total. The van der Waals surface area contributed by atoms with Gasteiger partial charge >= 0.3 is 0 Å². The summed E-state index contributed by atoms with van der Waals surface area (Å²) in [5.74, 6) is 0. The van der Waals surface area contributed by atoms with Crippen molar-refractivity contribution in [3.8, 4) is 0 Å². The second-order valence-electron chi connectivity index (χ2n) is 2.44. The lowest BCUT2D eigenvalue weighted by Crippen LogP contribution is -1.95. The maximum atomic E-state index is 5.93. The number of aromatic nitrogens is 1. The Morgan fingerprint density at radius 3 is 3.08 bits per heavy atom. The number of halogens is 1. The summed E-state index contributed by atoms with van der Waals surface area (Å²) in [4.78, 5) is 4.16. The van der Waals surface area contributed by atoms with Crippen molar-refractivity contribution in [3.63, 3.8) is 0 Å². The van der Waals surface area contributed by atoms with Crippen LogP contribution >= 0.6 is 22.9 Å². The highest BCUT2D eigenvalue weighted by Gasteiger charge is 2.05. The first-order chi connectivity index (χ1) is 5.83. The van der Waals surface area contributed by atoms with Crippen molar-refractivity contribution in [2.45, 2.75) is 6.54 Å². The largest absolute Gasteiger partial charge is 0.326 e. The predicted octanol–water partition coefficient (Wildman–Crippen LogP) is 2.41. The molecule has 0 atom stereocenters. The standard InChI is InChI=1S/C8H7ClN2S/c9-6-2-1-5(3-10)8-7(6)11-4-12-8/h1-2,4H,3,10H2. The van der Waals surface area contributed by atoms with Crippen LogP contribution in [0.15, 0.2) is 17.6 Å². The van der Waals surface area contributed by atoms with Crippen molar-refractivity contribution in [1.82, 2.24) is 4.98 Å². The van der Waals surface area contributed by atoms with Gasteiger partial charge in [-0.1, -0.05) is 17.7 Å². The highest BCUT2D eigenvalue weighted by atomic mass is 35.5. The molecule has 0 bridgehead atoms. The number of hydrogen-bond acceptors (Lipinski definition) is 3. The van der Waals surface area contributed by atoms with Crippen LogP contribution in [-0.4, -0.2) is 4.98 Å². The van der Waals surface area contributed by atoms with Gasteiger partial charge in [0.1, 0.15) is 5.52 Å². The Morgan fingerprint density at radius 1 is 1.50 bits per heavy atom. The molecule has 4 heteroatoms. The molecule has 0 amide bonds. The van der Waals surface area contributed by atoms with Gasteiger partial charge in [-0.15, -0.1) is 11.3 Å². The van der Waals surface area contributed by atoms with E-state index < -0.39 is 0 Å². The minimum Gasteiger partial charge on any atom is -0.326 e. The topological polar surface area (TPSA) is 38.9 Å². The molecule has 62 valence electrons. The minimum atomic E-state index is 0.538. The SMILES string of the molecule is NCc1ccc(Cl)c2ncsc12. The van der Waals surface area contributed by atoms with E-state index in [4.69, 9.17) is 17.3 Å². The van der Waals surface area contributed by atoms with Crippen LogP contribution in [0, 0.1) is 0 Å². The van der Waals surface area contributed by atoms with Gasteiger partial charge in [0.15, 0.2) is 0 Å². The maximum Gasteiger partial charge on any atom is 0.100 e. The molecule has 0 saturated heterocycles. The zero-order chi connectivity index (χ0) is 8.55. The Hall–Kier alpha value is -0.640. The Bertz CT molecular complexity index is 410. The first kappa shape index (κ1) is 7.98. The van der Waals surface area contributed by atoms with Crippen LogP contribution in [0.5, 0.6) is 0 Å². The molecule has 0 radical (unpaired) electrons. The highest BCUT2D eigenvalue weighted by molar-refractivity contribution is 7.17.